The SMILES string of the molecule is CC(C)(C)C(N)=NCCc1ncc[nH]1. The molecule has 0 radical (unpaired) electrons. The summed E-state index contributed by atoms with van der Waals surface area (Å²) < 4.78 is 0. The van der Waals surface area contributed by atoms with Gasteiger partial charge in [0.15, 0.2) is 0 Å². The molecule has 0 saturated heterocycles. The zero-order chi connectivity index (χ0) is 10.6. The van der Waals surface area contributed by atoms with E-state index in [4.69, 9.17) is 5.73 Å². The van der Waals surface area contributed by atoms with Gasteiger partial charge in [-0.1, -0.05) is 20.8 Å². The highest BCUT2D eigenvalue weighted by Gasteiger charge is 2.14. The molecule has 0 aliphatic carbocycles. The Labute approximate surface area is 84.7 Å². The lowest BCUT2D eigenvalue weighted by molar-refractivity contribution is 0.581. The summed E-state index contributed by atoms with van der Waals surface area (Å²) >= 11 is 0. The molecule has 1 heterocycles. The van der Waals surface area contributed by atoms with Gasteiger partial charge in [-0.25, -0.2) is 4.98 Å². The van der Waals surface area contributed by atoms with Gasteiger partial charge in [-0.2, -0.15) is 0 Å². The van der Waals surface area contributed by atoms with E-state index < -0.39 is 0 Å². The number of aromatic amines is 1. The van der Waals surface area contributed by atoms with Gasteiger partial charge in [0.1, 0.15) is 5.82 Å². The second-order valence-corrected chi connectivity index (χ2v) is 4.30. The smallest absolute Gasteiger partial charge is 0.107 e. The minimum absolute atomic E-state index is 0.0385. The van der Waals surface area contributed by atoms with Crippen molar-refractivity contribution >= 4 is 5.84 Å². The maximum atomic E-state index is 5.81. The number of hydrogen-bond donors (Lipinski definition) is 2. The van der Waals surface area contributed by atoms with E-state index >= 15 is 0 Å². The van der Waals surface area contributed by atoms with E-state index in [9.17, 15) is 0 Å². The van der Waals surface area contributed by atoms with Crippen LogP contribution in [0.4, 0.5) is 0 Å². The molecular formula is C10H18N4. The van der Waals surface area contributed by atoms with Gasteiger partial charge in [-0.15, -0.1) is 0 Å². The van der Waals surface area contributed by atoms with Crippen molar-refractivity contribution in [2.75, 3.05) is 6.54 Å². The van der Waals surface area contributed by atoms with Crippen molar-refractivity contribution < 1.29 is 0 Å². The molecule has 4 nitrogen and oxygen atoms in total. The maximum Gasteiger partial charge on any atom is 0.107 e. The Morgan fingerprint density at radius 2 is 2.29 bits per heavy atom. The van der Waals surface area contributed by atoms with Crippen LogP contribution in [0.5, 0.6) is 0 Å². The molecule has 0 fully saturated rings. The van der Waals surface area contributed by atoms with Gasteiger partial charge in [0.25, 0.3) is 0 Å². The Hall–Kier alpha value is -1.32. The van der Waals surface area contributed by atoms with E-state index in [1.54, 1.807) is 6.20 Å². The van der Waals surface area contributed by atoms with E-state index in [-0.39, 0.29) is 5.41 Å². The van der Waals surface area contributed by atoms with Crippen LogP contribution in [0.25, 0.3) is 0 Å². The molecule has 0 bridgehead atoms. The number of nitrogens with zero attached hydrogens (tertiary/aromatic N) is 2. The molecule has 0 spiro atoms. The second kappa shape index (κ2) is 4.26. The summed E-state index contributed by atoms with van der Waals surface area (Å²) in [5, 5.41) is 0. The molecule has 0 aliphatic rings. The number of rotatable bonds is 3. The molecule has 0 atom stereocenters. The molecule has 0 saturated carbocycles. The van der Waals surface area contributed by atoms with E-state index in [0.29, 0.717) is 12.4 Å². The number of imidazole rings is 1. The van der Waals surface area contributed by atoms with Crippen molar-refractivity contribution in [3.05, 3.63) is 18.2 Å². The average molecular weight is 194 g/mol. The van der Waals surface area contributed by atoms with Crippen molar-refractivity contribution in [1.82, 2.24) is 9.97 Å². The van der Waals surface area contributed by atoms with Crippen molar-refractivity contribution in [3.63, 3.8) is 0 Å². The zero-order valence-electron chi connectivity index (χ0n) is 9.04. The summed E-state index contributed by atoms with van der Waals surface area (Å²) in [4.78, 5) is 11.4. The van der Waals surface area contributed by atoms with Gasteiger partial charge in [0.05, 0.1) is 5.84 Å². The molecule has 3 N–H and O–H groups in total. The van der Waals surface area contributed by atoms with E-state index in [0.717, 1.165) is 12.2 Å². The van der Waals surface area contributed by atoms with Gasteiger partial charge < -0.3 is 10.7 Å². The van der Waals surface area contributed by atoms with Crippen LogP contribution in [0.15, 0.2) is 17.4 Å². The zero-order valence-corrected chi connectivity index (χ0v) is 9.04. The summed E-state index contributed by atoms with van der Waals surface area (Å²) in [5.74, 6) is 1.65. The molecule has 1 rings (SSSR count). The van der Waals surface area contributed by atoms with Crippen molar-refractivity contribution in [2.24, 2.45) is 16.1 Å². The third-order valence-corrected chi connectivity index (χ3v) is 1.95. The predicted molar refractivity (Wildman–Crippen MR) is 58.2 cm³/mol. The van der Waals surface area contributed by atoms with Crippen LogP contribution in [0.3, 0.4) is 0 Å². The minimum Gasteiger partial charge on any atom is -0.387 e. The van der Waals surface area contributed by atoms with Crippen LogP contribution in [0.1, 0.15) is 26.6 Å². The fourth-order valence-corrected chi connectivity index (χ4v) is 0.954. The third kappa shape index (κ3) is 3.20. The molecule has 0 amide bonds. The van der Waals surface area contributed by atoms with Crippen molar-refractivity contribution in [2.45, 2.75) is 27.2 Å². The van der Waals surface area contributed by atoms with Gasteiger partial charge in [0.2, 0.25) is 0 Å². The van der Waals surface area contributed by atoms with E-state index in [1.165, 1.54) is 0 Å². The first-order valence-corrected chi connectivity index (χ1v) is 4.79. The Morgan fingerprint density at radius 1 is 1.57 bits per heavy atom. The number of aromatic nitrogens is 2. The number of nitrogens with two attached hydrogens (primary N) is 1. The van der Waals surface area contributed by atoms with Gasteiger partial charge in [-0.3, -0.25) is 4.99 Å². The van der Waals surface area contributed by atoms with Crippen molar-refractivity contribution in [1.29, 1.82) is 0 Å². The normalized spacial score (nSPS) is 13.2. The summed E-state index contributed by atoms with van der Waals surface area (Å²) in [6.07, 6.45) is 4.36. The van der Waals surface area contributed by atoms with Crippen LogP contribution in [-0.4, -0.2) is 22.3 Å². The minimum atomic E-state index is -0.0385. The summed E-state index contributed by atoms with van der Waals surface area (Å²) in [7, 11) is 0. The molecule has 78 valence electrons. The predicted octanol–water partition coefficient (Wildman–Crippen LogP) is 1.36. The van der Waals surface area contributed by atoms with E-state index in [1.807, 2.05) is 6.20 Å². The lowest BCUT2D eigenvalue weighted by Crippen LogP contribution is -2.29. The van der Waals surface area contributed by atoms with Gasteiger partial charge in [0, 0.05) is 30.8 Å². The monoisotopic (exact) mass is 194 g/mol. The first kappa shape index (κ1) is 10.8. The fourth-order valence-electron chi connectivity index (χ4n) is 0.954. The molecule has 4 heteroatoms. The number of H-pyrrole nitrogens is 1. The molecule has 1 aromatic heterocycles. The van der Waals surface area contributed by atoms with Crippen LogP contribution in [-0.2, 0) is 6.42 Å². The maximum absolute atomic E-state index is 5.81. The fraction of sp³-hybridized carbons (Fsp3) is 0.600. The molecule has 0 aromatic carbocycles. The van der Waals surface area contributed by atoms with Crippen LogP contribution < -0.4 is 5.73 Å². The van der Waals surface area contributed by atoms with Crippen molar-refractivity contribution in [3.8, 4) is 0 Å². The number of nitrogens with one attached hydrogen (secondary N) is 1. The first-order chi connectivity index (χ1) is 6.50. The van der Waals surface area contributed by atoms with Crippen LogP contribution in [0, 0.1) is 5.41 Å². The Morgan fingerprint density at radius 3 is 2.79 bits per heavy atom. The highest BCUT2D eigenvalue weighted by atomic mass is 14.9. The topological polar surface area (TPSA) is 67.1 Å². The molecule has 14 heavy (non-hydrogen) atoms. The number of hydrogen-bond acceptors (Lipinski definition) is 2. The summed E-state index contributed by atoms with van der Waals surface area (Å²) in [6.45, 7) is 6.85. The molecule has 0 aliphatic heterocycles. The van der Waals surface area contributed by atoms with Gasteiger partial charge >= 0.3 is 0 Å². The summed E-state index contributed by atoms with van der Waals surface area (Å²) in [5.41, 5.74) is 5.77. The van der Waals surface area contributed by atoms with Gasteiger partial charge in [-0.05, 0) is 0 Å². The average Bonchev–Trinajstić information content (AvgIpc) is 2.55. The quantitative estimate of drug-likeness (QED) is 0.563. The third-order valence-electron chi connectivity index (χ3n) is 1.95. The Kier molecular flexibility index (Phi) is 3.28. The molecule has 0 unspecified atom stereocenters. The molecular weight excluding hydrogens is 176 g/mol. The second-order valence-electron chi connectivity index (χ2n) is 4.30. The first-order valence-electron chi connectivity index (χ1n) is 4.79. The Bertz CT molecular complexity index is 292. The lowest BCUT2D eigenvalue weighted by Gasteiger charge is -2.17. The summed E-state index contributed by atoms with van der Waals surface area (Å²) in [6, 6.07) is 0. The standard InChI is InChI=1S/C10H18N4/c1-10(2,3)9(11)14-5-4-8-12-6-7-13-8/h6-7H,4-5H2,1-3H3,(H2,11,14)(H,12,13). The largest absolute Gasteiger partial charge is 0.387 e. The highest BCUT2D eigenvalue weighted by molar-refractivity contribution is 5.85. The van der Waals surface area contributed by atoms with Crippen LogP contribution >= 0.6 is 0 Å². The lowest BCUT2D eigenvalue weighted by atomic mass is 9.95. The number of aliphatic imine (C=N–C) groups is 1. The highest BCUT2D eigenvalue weighted by Crippen LogP contribution is 2.12. The Balaban J connectivity index is 2.41. The molecule has 1 aromatic rings. The van der Waals surface area contributed by atoms with Crippen LogP contribution in [0.2, 0.25) is 0 Å². The number of amidine groups is 1. The van der Waals surface area contributed by atoms with E-state index in [2.05, 4.69) is 35.7 Å².